The predicted molar refractivity (Wildman–Crippen MR) is 148 cm³/mol. The van der Waals surface area contributed by atoms with Crippen LogP contribution in [0.2, 0.25) is 0 Å². The molecule has 0 saturated heterocycles. The normalized spacial score (nSPS) is 11.5. The molecule has 0 bridgehead atoms. The van der Waals surface area contributed by atoms with Gasteiger partial charge in [-0.05, 0) is 35.1 Å². The summed E-state index contributed by atoms with van der Waals surface area (Å²) in [6, 6.07) is 19.4. The number of aromatic nitrogens is 4. The van der Waals surface area contributed by atoms with Crippen molar-refractivity contribution in [3.05, 3.63) is 102 Å². The number of carbonyl (C=O) groups is 1. The molecule has 39 heavy (non-hydrogen) atoms. The van der Waals surface area contributed by atoms with Gasteiger partial charge < -0.3 is 10.4 Å². The van der Waals surface area contributed by atoms with Gasteiger partial charge in [0, 0.05) is 23.5 Å². The number of nitrogens with one attached hydrogen (secondary N) is 1. The van der Waals surface area contributed by atoms with Crippen molar-refractivity contribution in [3.63, 3.8) is 0 Å². The summed E-state index contributed by atoms with van der Waals surface area (Å²) in [7, 11) is 0. The molecular formula is C29H24N8O2. The number of anilines is 1. The zero-order valence-electron chi connectivity index (χ0n) is 21.5. The van der Waals surface area contributed by atoms with Crippen molar-refractivity contribution in [3.8, 4) is 11.7 Å². The maximum atomic E-state index is 13.1. The highest BCUT2D eigenvalue weighted by atomic mass is 16.3. The number of benzene rings is 3. The Labute approximate surface area is 224 Å². The Morgan fingerprint density at radius 2 is 1.69 bits per heavy atom. The summed E-state index contributed by atoms with van der Waals surface area (Å²) >= 11 is 0. The van der Waals surface area contributed by atoms with Gasteiger partial charge in [0.05, 0.1) is 17.8 Å². The fourth-order valence-corrected chi connectivity index (χ4v) is 4.05. The fourth-order valence-electron chi connectivity index (χ4n) is 4.05. The van der Waals surface area contributed by atoms with Crippen molar-refractivity contribution >= 4 is 39.6 Å². The number of fused-ring (bicyclic) bond motifs is 1. The summed E-state index contributed by atoms with van der Waals surface area (Å²) in [6.45, 7) is 13.7. The Balaban J connectivity index is 1.67. The van der Waals surface area contributed by atoms with E-state index in [2.05, 4.69) is 35.5 Å². The molecule has 0 spiro atoms. The molecule has 5 aromatic rings. The molecule has 0 aliphatic rings. The highest BCUT2D eigenvalue weighted by molar-refractivity contribution is 6.11. The maximum Gasteiger partial charge on any atom is 0.259 e. The van der Waals surface area contributed by atoms with Crippen molar-refractivity contribution < 1.29 is 9.90 Å². The predicted octanol–water partition coefficient (Wildman–Crippen LogP) is 7.04. The van der Waals surface area contributed by atoms with Crippen molar-refractivity contribution in [1.82, 2.24) is 19.7 Å². The molecule has 10 nitrogen and oxygen atoms in total. The Kier molecular flexibility index (Phi) is 6.56. The second kappa shape index (κ2) is 10.1. The lowest BCUT2D eigenvalue weighted by atomic mass is 9.91. The fraction of sp³-hybridized carbons (Fsp3) is 0.138. The Morgan fingerprint density at radius 1 is 1.00 bits per heavy atom. The monoisotopic (exact) mass is 516 g/mol. The molecule has 0 aliphatic heterocycles. The Bertz CT molecular complexity index is 1750. The second-order valence-corrected chi connectivity index (χ2v) is 9.71. The third kappa shape index (κ3) is 4.93. The number of aromatic hydroxyl groups is 1. The van der Waals surface area contributed by atoms with Crippen LogP contribution in [-0.2, 0) is 5.41 Å². The van der Waals surface area contributed by atoms with Gasteiger partial charge in [0.15, 0.2) is 11.6 Å². The Hall–Kier alpha value is -5.43. The van der Waals surface area contributed by atoms with Gasteiger partial charge in [-0.3, -0.25) is 4.79 Å². The minimum Gasteiger partial charge on any atom is -0.505 e. The van der Waals surface area contributed by atoms with E-state index in [0.717, 1.165) is 0 Å². The third-order valence-corrected chi connectivity index (χ3v) is 5.92. The van der Waals surface area contributed by atoms with Crippen LogP contribution in [0.15, 0.2) is 89.4 Å². The van der Waals surface area contributed by atoms with E-state index in [-0.39, 0.29) is 34.5 Å². The highest BCUT2D eigenvalue weighted by Crippen LogP contribution is 2.43. The van der Waals surface area contributed by atoms with E-state index in [0.29, 0.717) is 22.2 Å². The average Bonchev–Trinajstić information content (AvgIpc) is 3.32. The van der Waals surface area contributed by atoms with Crippen LogP contribution < -0.4 is 5.32 Å². The van der Waals surface area contributed by atoms with E-state index >= 15 is 0 Å². The summed E-state index contributed by atoms with van der Waals surface area (Å²) < 4.78 is 1.36. The number of azo groups is 1. The number of rotatable bonds is 5. The maximum absolute atomic E-state index is 13.1. The number of nitrogens with zero attached hydrogens (tertiary/aromatic N) is 7. The standard InChI is InChI=1S/C29H24N8O2/c1-29(2,3)25-23(30-4)26(37(36-25)28-31-15-10-16-32-28)35-34-22-20-14-9-8-11-18(20)17-21(24(22)38)27(39)33-19-12-6-5-7-13-19/h5-17,38H,1-3H3,(H,33,39). The first-order valence-corrected chi connectivity index (χ1v) is 12.1. The third-order valence-electron chi connectivity index (χ3n) is 5.92. The Morgan fingerprint density at radius 3 is 2.38 bits per heavy atom. The van der Waals surface area contributed by atoms with Gasteiger partial charge >= 0.3 is 0 Å². The molecule has 0 unspecified atom stereocenters. The van der Waals surface area contributed by atoms with Crippen LogP contribution >= 0.6 is 0 Å². The molecule has 0 radical (unpaired) electrons. The molecule has 0 aliphatic carbocycles. The number of hydrogen-bond acceptors (Lipinski definition) is 7. The quantitative estimate of drug-likeness (QED) is 0.192. The number of phenolic OH excluding ortho intramolecular Hbond substituents is 1. The smallest absolute Gasteiger partial charge is 0.259 e. The van der Waals surface area contributed by atoms with Gasteiger partial charge in [0.2, 0.25) is 0 Å². The van der Waals surface area contributed by atoms with E-state index in [1.54, 1.807) is 60.9 Å². The molecular weight excluding hydrogens is 492 g/mol. The van der Waals surface area contributed by atoms with Crippen LogP contribution in [0.4, 0.5) is 22.9 Å². The van der Waals surface area contributed by atoms with E-state index in [4.69, 9.17) is 6.57 Å². The number of para-hydroxylation sites is 1. The molecule has 0 saturated carbocycles. The van der Waals surface area contributed by atoms with Crippen LogP contribution in [0.3, 0.4) is 0 Å². The van der Waals surface area contributed by atoms with E-state index in [9.17, 15) is 9.90 Å². The first-order chi connectivity index (χ1) is 18.8. The van der Waals surface area contributed by atoms with E-state index < -0.39 is 11.3 Å². The molecule has 2 N–H and O–H groups in total. The molecule has 1 amide bonds. The van der Waals surface area contributed by atoms with Gasteiger partial charge in [0.1, 0.15) is 5.69 Å². The van der Waals surface area contributed by atoms with Gasteiger partial charge in [0.25, 0.3) is 17.5 Å². The topological polar surface area (TPSA) is 122 Å². The molecule has 0 fully saturated rings. The molecule has 10 heteroatoms. The van der Waals surface area contributed by atoms with Crippen molar-refractivity contribution in [2.75, 3.05) is 5.32 Å². The SMILES string of the molecule is [C-]#[N+]c1c(C(C)(C)C)nn(-c2ncccn2)c1N=Nc1c(O)c(C(=O)Nc2ccccc2)cc2ccccc12. The molecule has 2 aromatic heterocycles. The van der Waals surface area contributed by atoms with E-state index in [1.807, 2.05) is 39.0 Å². The van der Waals surface area contributed by atoms with Gasteiger partial charge in [-0.25, -0.2) is 14.8 Å². The molecule has 3 aromatic carbocycles. The summed E-state index contributed by atoms with van der Waals surface area (Å²) in [4.78, 5) is 25.4. The van der Waals surface area contributed by atoms with Gasteiger partial charge in [-0.1, -0.05) is 63.2 Å². The second-order valence-electron chi connectivity index (χ2n) is 9.71. The van der Waals surface area contributed by atoms with Crippen LogP contribution in [0.1, 0.15) is 36.8 Å². The summed E-state index contributed by atoms with van der Waals surface area (Å²) in [5.74, 6) is -0.505. The van der Waals surface area contributed by atoms with Crippen molar-refractivity contribution in [2.24, 2.45) is 10.2 Å². The van der Waals surface area contributed by atoms with Crippen molar-refractivity contribution in [2.45, 2.75) is 26.2 Å². The summed E-state index contributed by atoms with van der Waals surface area (Å²) in [6.07, 6.45) is 3.13. The largest absolute Gasteiger partial charge is 0.505 e. The van der Waals surface area contributed by atoms with Crippen LogP contribution in [0.5, 0.6) is 5.75 Å². The molecule has 0 atom stereocenters. The van der Waals surface area contributed by atoms with Gasteiger partial charge in [-0.2, -0.15) is 9.78 Å². The lowest BCUT2D eigenvalue weighted by Crippen LogP contribution is -2.13. The van der Waals surface area contributed by atoms with Crippen LogP contribution in [-0.4, -0.2) is 30.8 Å². The number of phenols is 1. The zero-order chi connectivity index (χ0) is 27.6. The van der Waals surface area contributed by atoms with Crippen LogP contribution in [0.25, 0.3) is 21.6 Å². The molecule has 5 rings (SSSR count). The number of hydrogen-bond donors (Lipinski definition) is 2. The summed E-state index contributed by atoms with van der Waals surface area (Å²) in [5.41, 5.74) is 0.924. The first kappa shape index (κ1) is 25.2. The lowest BCUT2D eigenvalue weighted by Gasteiger charge is -2.15. The number of amides is 1. The molecule has 2 heterocycles. The first-order valence-electron chi connectivity index (χ1n) is 12.1. The highest BCUT2D eigenvalue weighted by Gasteiger charge is 2.29. The minimum atomic E-state index is -0.500. The molecule has 192 valence electrons. The average molecular weight is 517 g/mol. The summed E-state index contributed by atoms with van der Waals surface area (Å²) in [5, 5.41) is 28.7. The van der Waals surface area contributed by atoms with Crippen LogP contribution in [0, 0.1) is 6.57 Å². The van der Waals surface area contributed by atoms with Gasteiger partial charge in [-0.15, -0.1) is 10.2 Å². The van der Waals surface area contributed by atoms with Crippen molar-refractivity contribution in [1.29, 1.82) is 0 Å². The minimum absolute atomic E-state index is 0.0344. The number of carbonyl (C=O) groups excluding carboxylic acids is 1. The zero-order valence-corrected chi connectivity index (χ0v) is 21.5. The lowest BCUT2D eigenvalue weighted by molar-refractivity contribution is 0.102. The van der Waals surface area contributed by atoms with E-state index in [1.165, 1.54) is 4.68 Å².